The summed E-state index contributed by atoms with van der Waals surface area (Å²) >= 11 is 0. The fourth-order valence-corrected chi connectivity index (χ4v) is 5.45. The Labute approximate surface area is 164 Å². The lowest BCUT2D eigenvalue weighted by Gasteiger charge is -2.12. The number of hydrogen-bond donors (Lipinski definition) is 3. The number of rotatable bonds is 14. The molecule has 0 saturated carbocycles. The van der Waals surface area contributed by atoms with Crippen LogP contribution in [0.4, 0.5) is 0 Å². The standard InChI is InChI=1S/C19H36O6P2/c1-17(2)9-7-11-19(4)13-8-12-18(3)10-5-6-14-25-15-26(20,21)16-27(22,23)24/h9-10,13H,5-8,11-12,14-16H2,1-4H3,(H,20,21)(H2,22,23,24). The van der Waals surface area contributed by atoms with E-state index in [2.05, 4.69) is 45.9 Å². The van der Waals surface area contributed by atoms with Crippen LogP contribution in [-0.2, 0) is 13.9 Å². The lowest BCUT2D eigenvalue weighted by molar-refractivity contribution is 0.166. The van der Waals surface area contributed by atoms with Gasteiger partial charge in [0.2, 0.25) is 7.37 Å². The molecule has 0 heterocycles. The first-order valence-corrected chi connectivity index (χ1v) is 13.1. The Kier molecular flexibility index (Phi) is 13.4. The third kappa shape index (κ3) is 18.6. The van der Waals surface area contributed by atoms with Gasteiger partial charge in [0.1, 0.15) is 12.3 Å². The molecule has 1 unspecified atom stereocenters. The van der Waals surface area contributed by atoms with Crippen LogP contribution in [0, 0.1) is 0 Å². The molecule has 0 amide bonds. The van der Waals surface area contributed by atoms with Gasteiger partial charge in [-0.1, -0.05) is 34.9 Å². The van der Waals surface area contributed by atoms with Gasteiger partial charge in [-0.25, -0.2) is 0 Å². The van der Waals surface area contributed by atoms with Crippen LogP contribution in [0.2, 0.25) is 0 Å². The van der Waals surface area contributed by atoms with E-state index < -0.39 is 27.2 Å². The minimum atomic E-state index is -4.50. The predicted molar refractivity (Wildman–Crippen MR) is 112 cm³/mol. The average molecular weight is 422 g/mol. The molecule has 0 aliphatic carbocycles. The van der Waals surface area contributed by atoms with E-state index in [4.69, 9.17) is 14.5 Å². The highest BCUT2D eigenvalue weighted by atomic mass is 31.2. The van der Waals surface area contributed by atoms with Gasteiger partial charge in [0.15, 0.2) is 0 Å². The summed E-state index contributed by atoms with van der Waals surface area (Å²) in [5.74, 6) is -1.03. The second kappa shape index (κ2) is 13.7. The monoisotopic (exact) mass is 422 g/mol. The quantitative estimate of drug-likeness (QED) is 0.192. The zero-order valence-corrected chi connectivity index (χ0v) is 18.8. The van der Waals surface area contributed by atoms with Gasteiger partial charge in [-0.15, -0.1) is 0 Å². The predicted octanol–water partition coefficient (Wildman–Crippen LogP) is 5.57. The second-order valence-electron chi connectivity index (χ2n) is 7.29. The molecule has 0 radical (unpaired) electrons. The molecule has 0 aromatic carbocycles. The summed E-state index contributed by atoms with van der Waals surface area (Å²) in [5.41, 5.74) is 4.07. The first kappa shape index (κ1) is 26.5. The summed E-state index contributed by atoms with van der Waals surface area (Å²) in [6, 6.07) is 0. The third-order valence-electron chi connectivity index (χ3n) is 3.81. The van der Waals surface area contributed by atoms with Crippen molar-refractivity contribution in [2.45, 2.75) is 66.2 Å². The molecule has 0 rings (SSSR count). The first-order valence-electron chi connectivity index (χ1n) is 9.29. The van der Waals surface area contributed by atoms with Crippen molar-refractivity contribution in [2.75, 3.05) is 18.9 Å². The Morgan fingerprint density at radius 2 is 1.37 bits per heavy atom. The molecule has 0 aliphatic heterocycles. The molecule has 0 aromatic heterocycles. The molecule has 0 fully saturated rings. The van der Waals surface area contributed by atoms with Gasteiger partial charge in [0.05, 0.1) is 0 Å². The lowest BCUT2D eigenvalue weighted by atomic mass is 10.1. The summed E-state index contributed by atoms with van der Waals surface area (Å²) in [5, 5.41) is 0. The smallest absolute Gasteiger partial charge is 0.335 e. The van der Waals surface area contributed by atoms with Crippen molar-refractivity contribution in [3.8, 4) is 0 Å². The minimum absolute atomic E-state index is 0.291. The van der Waals surface area contributed by atoms with Gasteiger partial charge in [-0.2, -0.15) is 0 Å². The van der Waals surface area contributed by atoms with E-state index >= 15 is 0 Å². The van der Waals surface area contributed by atoms with Gasteiger partial charge >= 0.3 is 7.60 Å². The van der Waals surface area contributed by atoms with E-state index in [1.54, 1.807) is 0 Å². The van der Waals surface area contributed by atoms with Crippen molar-refractivity contribution in [3.63, 3.8) is 0 Å². The molecule has 1 atom stereocenters. The van der Waals surface area contributed by atoms with Crippen molar-refractivity contribution >= 4 is 15.0 Å². The Morgan fingerprint density at radius 3 is 1.89 bits per heavy atom. The molecular weight excluding hydrogens is 386 g/mol. The number of hydrogen-bond acceptors (Lipinski definition) is 3. The number of ether oxygens (including phenoxy) is 1. The van der Waals surface area contributed by atoms with Gasteiger partial charge in [-0.05, 0) is 66.2 Å². The molecule has 0 bridgehead atoms. The van der Waals surface area contributed by atoms with Crippen LogP contribution < -0.4 is 0 Å². The van der Waals surface area contributed by atoms with Gasteiger partial charge in [0, 0.05) is 6.61 Å². The summed E-state index contributed by atoms with van der Waals surface area (Å²) in [7, 11) is -8.43. The Balaban J connectivity index is 3.93. The summed E-state index contributed by atoms with van der Waals surface area (Å²) in [4.78, 5) is 26.9. The van der Waals surface area contributed by atoms with Gasteiger partial charge in [0.25, 0.3) is 0 Å². The van der Waals surface area contributed by atoms with Crippen LogP contribution in [-0.4, -0.2) is 33.5 Å². The molecule has 3 N–H and O–H groups in total. The van der Waals surface area contributed by atoms with Crippen LogP contribution in [0.1, 0.15) is 66.2 Å². The Morgan fingerprint density at radius 1 is 0.852 bits per heavy atom. The molecule has 6 nitrogen and oxygen atoms in total. The highest BCUT2D eigenvalue weighted by Crippen LogP contribution is 2.54. The minimum Gasteiger partial charge on any atom is -0.371 e. The van der Waals surface area contributed by atoms with Crippen molar-refractivity contribution in [3.05, 3.63) is 34.9 Å². The zero-order chi connectivity index (χ0) is 20.9. The molecule has 0 aliphatic rings. The molecule has 0 aromatic rings. The fourth-order valence-electron chi connectivity index (χ4n) is 2.41. The van der Waals surface area contributed by atoms with Gasteiger partial charge in [-0.3, -0.25) is 9.13 Å². The van der Waals surface area contributed by atoms with Crippen LogP contribution in [0.25, 0.3) is 0 Å². The SMILES string of the molecule is CC(C)=CCCC(C)=CCCC(C)=CCCCOCP(=O)(O)CP(=O)(O)O. The fraction of sp³-hybridized carbons (Fsp3) is 0.684. The topological polar surface area (TPSA) is 104 Å². The Bertz CT molecular complexity index is 612. The molecular formula is C19H36O6P2. The maximum atomic E-state index is 11.6. The number of allylic oxidation sites excluding steroid dienone is 6. The maximum absolute atomic E-state index is 11.6. The highest BCUT2D eigenvalue weighted by molar-refractivity contribution is 7.72. The van der Waals surface area contributed by atoms with E-state index in [1.807, 2.05) is 0 Å². The molecule has 27 heavy (non-hydrogen) atoms. The maximum Gasteiger partial charge on any atom is 0.335 e. The normalized spacial score (nSPS) is 15.5. The van der Waals surface area contributed by atoms with Crippen LogP contribution in [0.3, 0.4) is 0 Å². The molecule has 0 spiro atoms. The van der Waals surface area contributed by atoms with Gasteiger partial charge < -0.3 is 19.4 Å². The summed E-state index contributed by atoms with van der Waals surface area (Å²) < 4.78 is 27.4. The van der Waals surface area contributed by atoms with E-state index in [9.17, 15) is 14.0 Å². The molecule has 0 saturated heterocycles. The van der Waals surface area contributed by atoms with E-state index in [-0.39, 0.29) is 0 Å². The van der Waals surface area contributed by atoms with Crippen molar-refractivity contribution in [1.29, 1.82) is 0 Å². The Hall–Kier alpha value is -0.480. The first-order chi connectivity index (χ1) is 12.4. The van der Waals surface area contributed by atoms with Crippen molar-refractivity contribution < 1.29 is 28.5 Å². The second-order valence-corrected chi connectivity index (χ2v) is 11.7. The van der Waals surface area contributed by atoms with Crippen LogP contribution >= 0.6 is 15.0 Å². The largest absolute Gasteiger partial charge is 0.371 e. The third-order valence-corrected chi connectivity index (χ3v) is 7.63. The number of unbranched alkanes of at least 4 members (excludes halogenated alkanes) is 1. The summed E-state index contributed by atoms with van der Waals surface area (Å²) in [6.45, 7) is 8.78. The van der Waals surface area contributed by atoms with Crippen molar-refractivity contribution in [2.24, 2.45) is 0 Å². The average Bonchev–Trinajstić information content (AvgIpc) is 2.47. The molecule has 8 heteroatoms. The van der Waals surface area contributed by atoms with Crippen LogP contribution in [0.5, 0.6) is 0 Å². The van der Waals surface area contributed by atoms with E-state index in [0.717, 1.165) is 32.1 Å². The lowest BCUT2D eigenvalue weighted by Crippen LogP contribution is -2.01. The van der Waals surface area contributed by atoms with E-state index in [1.165, 1.54) is 16.7 Å². The van der Waals surface area contributed by atoms with E-state index in [0.29, 0.717) is 13.0 Å². The highest BCUT2D eigenvalue weighted by Gasteiger charge is 2.29. The summed E-state index contributed by atoms with van der Waals surface area (Å²) in [6.07, 6.45) is 11.9. The van der Waals surface area contributed by atoms with Crippen LogP contribution in [0.15, 0.2) is 34.9 Å². The zero-order valence-electron chi connectivity index (χ0n) is 17.1. The van der Waals surface area contributed by atoms with Crippen molar-refractivity contribution in [1.82, 2.24) is 0 Å². The molecule has 158 valence electrons.